The normalized spacial score (nSPS) is 17.3. The number of likely N-dealkylation sites (tertiary alicyclic amines) is 1. The first kappa shape index (κ1) is 17.7. The zero-order valence-corrected chi connectivity index (χ0v) is 14.3. The van der Waals surface area contributed by atoms with Gasteiger partial charge in [-0.2, -0.15) is 0 Å². The second kappa shape index (κ2) is 9.50. The smallest absolute Gasteiger partial charge is 0.191 e. The number of nitrogens with one attached hydrogen (secondary N) is 2. The predicted octanol–water partition coefficient (Wildman–Crippen LogP) is 2.76. The van der Waals surface area contributed by atoms with Gasteiger partial charge in [0.15, 0.2) is 5.96 Å². The highest BCUT2D eigenvalue weighted by Crippen LogP contribution is 2.11. The minimum absolute atomic E-state index is 0.194. The van der Waals surface area contributed by atoms with Gasteiger partial charge in [0, 0.05) is 31.2 Å². The second-order valence-electron chi connectivity index (χ2n) is 6.05. The summed E-state index contributed by atoms with van der Waals surface area (Å²) in [4.78, 5) is 7.05. The summed E-state index contributed by atoms with van der Waals surface area (Å²) in [5.74, 6) is 0.588. The molecule has 0 aliphatic carbocycles. The molecule has 0 saturated carbocycles. The third-order valence-corrected chi connectivity index (χ3v) is 4.18. The van der Waals surface area contributed by atoms with E-state index in [1.807, 2.05) is 13.0 Å². The summed E-state index contributed by atoms with van der Waals surface area (Å²) in [6.07, 6.45) is 3.47. The topological polar surface area (TPSA) is 39.7 Å². The van der Waals surface area contributed by atoms with Crippen LogP contribution in [0.1, 0.15) is 38.7 Å². The lowest BCUT2D eigenvalue weighted by Crippen LogP contribution is -2.48. The van der Waals surface area contributed by atoms with Crippen LogP contribution < -0.4 is 10.6 Å². The summed E-state index contributed by atoms with van der Waals surface area (Å²) in [6, 6.07) is 7.26. The fourth-order valence-electron chi connectivity index (χ4n) is 2.92. The van der Waals surface area contributed by atoms with E-state index in [4.69, 9.17) is 0 Å². The molecule has 2 N–H and O–H groups in total. The molecule has 1 fully saturated rings. The van der Waals surface area contributed by atoms with Crippen LogP contribution in [-0.2, 0) is 6.54 Å². The van der Waals surface area contributed by atoms with Crippen LogP contribution in [0, 0.1) is 5.82 Å². The van der Waals surface area contributed by atoms with Crippen LogP contribution in [0.25, 0.3) is 0 Å². The van der Waals surface area contributed by atoms with E-state index in [2.05, 4.69) is 27.4 Å². The van der Waals surface area contributed by atoms with E-state index in [0.29, 0.717) is 18.2 Å². The Morgan fingerprint density at radius 2 is 2.00 bits per heavy atom. The van der Waals surface area contributed by atoms with Gasteiger partial charge < -0.3 is 15.5 Å². The maximum Gasteiger partial charge on any atom is 0.191 e. The Balaban J connectivity index is 1.88. The quantitative estimate of drug-likeness (QED) is 0.625. The SMILES string of the molecule is CCCN1CCC(NC(=NCc2ccccc2F)NCC)CC1. The van der Waals surface area contributed by atoms with E-state index < -0.39 is 0 Å². The molecule has 1 aliphatic rings. The van der Waals surface area contributed by atoms with Crippen molar-refractivity contribution in [3.8, 4) is 0 Å². The zero-order chi connectivity index (χ0) is 16.5. The Labute approximate surface area is 139 Å². The summed E-state index contributed by atoms with van der Waals surface area (Å²) in [5.41, 5.74) is 0.627. The van der Waals surface area contributed by atoms with Gasteiger partial charge in [-0.15, -0.1) is 0 Å². The first-order valence-electron chi connectivity index (χ1n) is 8.73. The fourth-order valence-corrected chi connectivity index (χ4v) is 2.92. The van der Waals surface area contributed by atoms with Crippen molar-refractivity contribution < 1.29 is 4.39 Å². The maximum absolute atomic E-state index is 13.7. The number of rotatable bonds is 6. The lowest BCUT2D eigenvalue weighted by molar-refractivity contribution is 0.206. The molecule has 1 aromatic rings. The number of nitrogens with zero attached hydrogens (tertiary/aromatic N) is 2. The van der Waals surface area contributed by atoms with Gasteiger partial charge in [-0.25, -0.2) is 9.38 Å². The molecule has 1 aromatic carbocycles. The Morgan fingerprint density at radius 1 is 1.26 bits per heavy atom. The standard InChI is InChI=1S/C18H29FN4/c1-3-11-23-12-9-16(10-13-23)22-18(20-4-2)21-14-15-7-5-6-8-17(15)19/h5-8,16H,3-4,9-14H2,1-2H3,(H2,20,21,22). The molecule has 23 heavy (non-hydrogen) atoms. The van der Waals surface area contributed by atoms with Crippen LogP contribution in [0.4, 0.5) is 4.39 Å². The van der Waals surface area contributed by atoms with Crippen molar-refractivity contribution in [3.05, 3.63) is 35.6 Å². The first-order chi connectivity index (χ1) is 11.2. The highest BCUT2D eigenvalue weighted by molar-refractivity contribution is 5.80. The van der Waals surface area contributed by atoms with Crippen molar-refractivity contribution in [2.24, 2.45) is 4.99 Å². The van der Waals surface area contributed by atoms with E-state index in [9.17, 15) is 4.39 Å². The minimum atomic E-state index is -0.194. The number of guanidine groups is 1. The molecular weight excluding hydrogens is 291 g/mol. The molecule has 1 saturated heterocycles. The number of aliphatic imine (C=N–C) groups is 1. The fraction of sp³-hybridized carbons (Fsp3) is 0.611. The molecule has 128 valence electrons. The van der Waals surface area contributed by atoms with Crippen LogP contribution >= 0.6 is 0 Å². The van der Waals surface area contributed by atoms with Crippen molar-refractivity contribution in [2.75, 3.05) is 26.2 Å². The third kappa shape index (κ3) is 5.82. The largest absolute Gasteiger partial charge is 0.357 e. The number of piperidine rings is 1. The molecule has 4 nitrogen and oxygen atoms in total. The average Bonchev–Trinajstić information content (AvgIpc) is 2.56. The summed E-state index contributed by atoms with van der Waals surface area (Å²) < 4.78 is 13.7. The Bertz CT molecular complexity index is 496. The Hall–Kier alpha value is -1.62. The lowest BCUT2D eigenvalue weighted by atomic mass is 10.1. The van der Waals surface area contributed by atoms with Crippen molar-refractivity contribution in [1.82, 2.24) is 15.5 Å². The van der Waals surface area contributed by atoms with E-state index in [-0.39, 0.29) is 5.82 Å². The molecule has 0 bridgehead atoms. The number of halogens is 1. The van der Waals surface area contributed by atoms with Crippen LogP contribution in [-0.4, -0.2) is 43.1 Å². The molecule has 0 unspecified atom stereocenters. The molecule has 0 aromatic heterocycles. The van der Waals surface area contributed by atoms with Gasteiger partial charge >= 0.3 is 0 Å². The van der Waals surface area contributed by atoms with Gasteiger partial charge in [0.2, 0.25) is 0 Å². The van der Waals surface area contributed by atoms with Crippen molar-refractivity contribution in [3.63, 3.8) is 0 Å². The van der Waals surface area contributed by atoms with Crippen molar-refractivity contribution >= 4 is 5.96 Å². The summed E-state index contributed by atoms with van der Waals surface area (Å²) in [7, 11) is 0. The molecule has 5 heteroatoms. The van der Waals surface area contributed by atoms with Crippen LogP contribution in [0.2, 0.25) is 0 Å². The van der Waals surface area contributed by atoms with Crippen molar-refractivity contribution in [2.45, 2.75) is 45.7 Å². The minimum Gasteiger partial charge on any atom is -0.357 e. The van der Waals surface area contributed by atoms with Gasteiger partial charge in [-0.1, -0.05) is 25.1 Å². The molecule has 2 rings (SSSR count). The van der Waals surface area contributed by atoms with E-state index in [0.717, 1.165) is 38.4 Å². The summed E-state index contributed by atoms with van der Waals surface area (Å²) in [5, 5.41) is 6.76. The zero-order valence-electron chi connectivity index (χ0n) is 14.3. The van der Waals surface area contributed by atoms with Gasteiger partial charge in [-0.05, 0) is 38.8 Å². The third-order valence-electron chi connectivity index (χ3n) is 4.18. The summed E-state index contributed by atoms with van der Waals surface area (Å²) >= 11 is 0. The Morgan fingerprint density at radius 3 is 2.65 bits per heavy atom. The number of benzene rings is 1. The molecule has 1 heterocycles. The number of hydrogen-bond acceptors (Lipinski definition) is 2. The average molecular weight is 320 g/mol. The van der Waals surface area contributed by atoms with E-state index in [1.165, 1.54) is 19.0 Å². The maximum atomic E-state index is 13.7. The first-order valence-corrected chi connectivity index (χ1v) is 8.73. The van der Waals surface area contributed by atoms with Crippen molar-refractivity contribution in [1.29, 1.82) is 0 Å². The highest BCUT2D eigenvalue weighted by atomic mass is 19.1. The molecule has 0 radical (unpaired) electrons. The van der Waals surface area contributed by atoms with Crippen LogP contribution in [0.3, 0.4) is 0 Å². The monoisotopic (exact) mass is 320 g/mol. The van der Waals surface area contributed by atoms with Crippen LogP contribution in [0.5, 0.6) is 0 Å². The second-order valence-corrected chi connectivity index (χ2v) is 6.05. The Kier molecular flexibility index (Phi) is 7.33. The molecular formula is C18H29FN4. The number of hydrogen-bond donors (Lipinski definition) is 2. The molecule has 0 atom stereocenters. The van der Waals surface area contributed by atoms with Gasteiger partial charge in [0.1, 0.15) is 5.82 Å². The van der Waals surface area contributed by atoms with Gasteiger partial charge in [0.05, 0.1) is 6.54 Å². The van der Waals surface area contributed by atoms with Gasteiger partial charge in [-0.3, -0.25) is 0 Å². The molecule has 1 aliphatic heterocycles. The highest BCUT2D eigenvalue weighted by Gasteiger charge is 2.19. The predicted molar refractivity (Wildman–Crippen MR) is 94.1 cm³/mol. The van der Waals surface area contributed by atoms with E-state index in [1.54, 1.807) is 12.1 Å². The van der Waals surface area contributed by atoms with E-state index >= 15 is 0 Å². The lowest BCUT2D eigenvalue weighted by Gasteiger charge is -2.32. The molecule has 0 spiro atoms. The summed E-state index contributed by atoms with van der Waals surface area (Å²) in [6.45, 7) is 8.90. The molecule has 0 amide bonds. The van der Waals surface area contributed by atoms with Gasteiger partial charge in [0.25, 0.3) is 0 Å². The van der Waals surface area contributed by atoms with Crippen LogP contribution in [0.15, 0.2) is 29.3 Å².